The van der Waals surface area contributed by atoms with Gasteiger partial charge in [0.15, 0.2) is 0 Å². The van der Waals surface area contributed by atoms with Crippen LogP contribution >= 0.6 is 0 Å². The van der Waals surface area contributed by atoms with Gasteiger partial charge in [0, 0.05) is 18.2 Å². The van der Waals surface area contributed by atoms with Crippen molar-refractivity contribution in [3.05, 3.63) is 18.0 Å². The van der Waals surface area contributed by atoms with E-state index in [9.17, 15) is 0 Å². The van der Waals surface area contributed by atoms with E-state index in [4.69, 9.17) is 5.73 Å². The molecule has 4 heteroatoms. The van der Waals surface area contributed by atoms with Crippen LogP contribution in [0.4, 0.5) is 0 Å². The fraction of sp³-hybridized carbons (Fsp3) is 0.556. The highest BCUT2D eigenvalue weighted by Crippen LogP contribution is 2.14. The van der Waals surface area contributed by atoms with Gasteiger partial charge in [-0.1, -0.05) is 6.92 Å². The van der Waals surface area contributed by atoms with Crippen LogP contribution in [0.15, 0.2) is 17.4 Å². The normalized spacial score (nSPS) is 14.5. The smallest absolute Gasteiger partial charge is 0.0944 e. The third-order valence-corrected chi connectivity index (χ3v) is 1.87. The first kappa shape index (κ1) is 9.77. The number of hydrogen-bond acceptors (Lipinski definition) is 2. The Kier molecular flexibility index (Phi) is 3.49. The van der Waals surface area contributed by atoms with Crippen LogP contribution < -0.4 is 5.73 Å². The van der Waals surface area contributed by atoms with E-state index in [0.717, 1.165) is 24.2 Å². The highest BCUT2D eigenvalue weighted by molar-refractivity contribution is 5.80. The summed E-state index contributed by atoms with van der Waals surface area (Å²) in [6, 6.07) is 0.102. The maximum Gasteiger partial charge on any atom is 0.0944 e. The molecule has 1 aromatic rings. The number of aromatic amines is 1. The van der Waals surface area contributed by atoms with Gasteiger partial charge in [0.1, 0.15) is 0 Å². The number of nitrogens with zero attached hydrogens (tertiary/aromatic N) is 2. The van der Waals surface area contributed by atoms with Crippen molar-refractivity contribution in [2.75, 3.05) is 0 Å². The molecular formula is C9H16N4. The highest BCUT2D eigenvalue weighted by atomic mass is 15.1. The van der Waals surface area contributed by atoms with E-state index >= 15 is 0 Å². The monoisotopic (exact) mass is 180 g/mol. The second-order valence-electron chi connectivity index (χ2n) is 3.08. The molecule has 0 amide bonds. The lowest BCUT2D eigenvalue weighted by atomic mass is 10.2. The van der Waals surface area contributed by atoms with Gasteiger partial charge in [0.2, 0.25) is 0 Å². The molecule has 0 saturated heterocycles. The number of aliphatic imine (C=N–C) groups is 1. The van der Waals surface area contributed by atoms with Crippen molar-refractivity contribution < 1.29 is 0 Å². The summed E-state index contributed by atoms with van der Waals surface area (Å²) in [7, 11) is 0. The second-order valence-corrected chi connectivity index (χ2v) is 3.08. The van der Waals surface area contributed by atoms with Crippen molar-refractivity contribution in [1.82, 2.24) is 10.2 Å². The first-order valence-electron chi connectivity index (χ1n) is 4.54. The lowest BCUT2D eigenvalue weighted by Gasteiger charge is -2.04. The van der Waals surface area contributed by atoms with Gasteiger partial charge < -0.3 is 5.73 Å². The molecule has 1 rings (SSSR count). The summed E-state index contributed by atoms with van der Waals surface area (Å²) in [6.07, 6.45) is 5.51. The van der Waals surface area contributed by atoms with Crippen molar-refractivity contribution in [3.63, 3.8) is 0 Å². The summed E-state index contributed by atoms with van der Waals surface area (Å²) in [6.45, 7) is 4.10. The van der Waals surface area contributed by atoms with Gasteiger partial charge in [-0.15, -0.1) is 0 Å². The lowest BCUT2D eigenvalue weighted by molar-refractivity contribution is 0.806. The molecule has 4 nitrogen and oxygen atoms in total. The molecule has 0 spiro atoms. The van der Waals surface area contributed by atoms with Crippen LogP contribution in [0.25, 0.3) is 0 Å². The topological polar surface area (TPSA) is 67.1 Å². The molecule has 0 bridgehead atoms. The molecule has 1 atom stereocenters. The Morgan fingerprint density at radius 3 is 3.08 bits per heavy atom. The first-order chi connectivity index (χ1) is 6.24. The van der Waals surface area contributed by atoms with Gasteiger partial charge >= 0.3 is 0 Å². The van der Waals surface area contributed by atoms with Crippen LogP contribution in [-0.2, 0) is 0 Å². The van der Waals surface area contributed by atoms with Crippen molar-refractivity contribution in [1.29, 1.82) is 0 Å². The molecule has 1 unspecified atom stereocenters. The maximum atomic E-state index is 5.71. The Morgan fingerprint density at radius 1 is 1.77 bits per heavy atom. The molecule has 0 aromatic carbocycles. The molecule has 3 N–H and O–H groups in total. The van der Waals surface area contributed by atoms with Gasteiger partial charge in [-0.2, -0.15) is 5.10 Å². The predicted molar refractivity (Wildman–Crippen MR) is 53.5 cm³/mol. The van der Waals surface area contributed by atoms with E-state index in [1.165, 1.54) is 0 Å². The average Bonchev–Trinajstić information content (AvgIpc) is 2.55. The number of amidine groups is 1. The Morgan fingerprint density at radius 2 is 2.54 bits per heavy atom. The number of rotatable bonds is 4. The van der Waals surface area contributed by atoms with E-state index in [1.807, 2.05) is 13.1 Å². The molecular weight excluding hydrogens is 164 g/mol. The minimum Gasteiger partial charge on any atom is -0.387 e. The molecule has 1 aromatic heterocycles. The molecule has 13 heavy (non-hydrogen) atoms. The Balaban J connectivity index is 2.59. The Labute approximate surface area is 78.3 Å². The molecule has 0 saturated carbocycles. The molecule has 0 aliphatic rings. The second kappa shape index (κ2) is 4.64. The Bertz CT molecular complexity index is 263. The van der Waals surface area contributed by atoms with E-state index in [0.29, 0.717) is 0 Å². The van der Waals surface area contributed by atoms with Crippen molar-refractivity contribution >= 4 is 5.84 Å². The van der Waals surface area contributed by atoms with Crippen LogP contribution in [0.5, 0.6) is 0 Å². The molecule has 1 heterocycles. The van der Waals surface area contributed by atoms with Gasteiger partial charge in [-0.3, -0.25) is 10.1 Å². The molecule has 0 aliphatic heterocycles. The summed E-state index contributed by atoms with van der Waals surface area (Å²) >= 11 is 0. The molecule has 0 radical (unpaired) electrons. The quantitative estimate of drug-likeness (QED) is 0.546. The SMILES string of the molecule is CCCC(N)=NC(C)c1cn[nH]c1. The van der Waals surface area contributed by atoms with Gasteiger partial charge in [-0.25, -0.2) is 0 Å². The summed E-state index contributed by atoms with van der Waals surface area (Å²) in [5.74, 6) is 0.719. The zero-order valence-electron chi connectivity index (χ0n) is 8.12. The van der Waals surface area contributed by atoms with Crippen LogP contribution in [0.3, 0.4) is 0 Å². The van der Waals surface area contributed by atoms with Gasteiger partial charge in [0.05, 0.1) is 18.1 Å². The standard InChI is InChI=1S/C9H16N4/c1-3-4-9(10)13-7(2)8-5-11-12-6-8/h5-7H,3-4H2,1-2H3,(H2,10,13)(H,11,12). The van der Waals surface area contributed by atoms with Crippen LogP contribution in [0, 0.1) is 0 Å². The number of H-pyrrole nitrogens is 1. The fourth-order valence-corrected chi connectivity index (χ4v) is 1.13. The summed E-state index contributed by atoms with van der Waals surface area (Å²) < 4.78 is 0. The first-order valence-corrected chi connectivity index (χ1v) is 4.54. The van der Waals surface area contributed by atoms with Gasteiger partial charge in [0.25, 0.3) is 0 Å². The number of nitrogens with one attached hydrogen (secondary N) is 1. The fourth-order valence-electron chi connectivity index (χ4n) is 1.13. The number of aromatic nitrogens is 2. The van der Waals surface area contributed by atoms with E-state index < -0.39 is 0 Å². The van der Waals surface area contributed by atoms with Crippen molar-refractivity contribution in [2.45, 2.75) is 32.7 Å². The van der Waals surface area contributed by atoms with Crippen molar-refractivity contribution in [3.8, 4) is 0 Å². The lowest BCUT2D eigenvalue weighted by Crippen LogP contribution is -2.12. The minimum atomic E-state index is 0.102. The highest BCUT2D eigenvalue weighted by Gasteiger charge is 2.04. The van der Waals surface area contributed by atoms with Crippen LogP contribution in [0.1, 0.15) is 38.3 Å². The van der Waals surface area contributed by atoms with Crippen LogP contribution in [-0.4, -0.2) is 16.0 Å². The largest absolute Gasteiger partial charge is 0.387 e. The number of hydrogen-bond donors (Lipinski definition) is 2. The van der Waals surface area contributed by atoms with E-state index in [1.54, 1.807) is 6.20 Å². The number of nitrogens with two attached hydrogens (primary N) is 1. The maximum absolute atomic E-state index is 5.71. The molecule has 0 fully saturated rings. The summed E-state index contributed by atoms with van der Waals surface area (Å²) in [5.41, 5.74) is 6.78. The van der Waals surface area contributed by atoms with Gasteiger partial charge in [-0.05, 0) is 13.3 Å². The third-order valence-electron chi connectivity index (χ3n) is 1.87. The zero-order chi connectivity index (χ0) is 9.68. The third kappa shape index (κ3) is 2.89. The van der Waals surface area contributed by atoms with Crippen LogP contribution in [0.2, 0.25) is 0 Å². The average molecular weight is 180 g/mol. The van der Waals surface area contributed by atoms with E-state index in [-0.39, 0.29) is 6.04 Å². The predicted octanol–water partition coefficient (Wildman–Crippen LogP) is 1.63. The minimum absolute atomic E-state index is 0.102. The zero-order valence-corrected chi connectivity index (χ0v) is 8.12. The summed E-state index contributed by atoms with van der Waals surface area (Å²) in [4.78, 5) is 4.34. The Hall–Kier alpha value is -1.32. The van der Waals surface area contributed by atoms with Crippen molar-refractivity contribution in [2.24, 2.45) is 10.7 Å². The molecule has 72 valence electrons. The molecule has 0 aliphatic carbocycles. The van der Waals surface area contributed by atoms with E-state index in [2.05, 4.69) is 22.1 Å². The summed E-state index contributed by atoms with van der Waals surface area (Å²) in [5, 5.41) is 6.62.